The van der Waals surface area contributed by atoms with Crippen molar-refractivity contribution in [1.82, 2.24) is 0 Å². The van der Waals surface area contributed by atoms with Crippen LogP contribution in [-0.4, -0.2) is 17.7 Å². The molecule has 0 bridgehead atoms. The summed E-state index contributed by atoms with van der Waals surface area (Å²) in [6, 6.07) is 17.2. The van der Waals surface area contributed by atoms with Crippen LogP contribution in [0.25, 0.3) is 0 Å². The Balaban J connectivity index is 2.02. The van der Waals surface area contributed by atoms with Gasteiger partial charge in [-0.3, -0.25) is 9.59 Å². The van der Waals surface area contributed by atoms with Gasteiger partial charge in [0, 0.05) is 22.7 Å². The van der Waals surface area contributed by atoms with Crippen LogP contribution in [0.1, 0.15) is 49.7 Å². The Labute approximate surface area is 149 Å². The summed E-state index contributed by atoms with van der Waals surface area (Å²) in [7, 11) is 0. The normalized spacial score (nSPS) is 13.3. The minimum Gasteiger partial charge on any atom is -0.330 e. The summed E-state index contributed by atoms with van der Waals surface area (Å²) in [5.41, 5.74) is 2.57. The number of ketones is 1. The monoisotopic (exact) mass is 339 g/mol. The smallest absolute Gasteiger partial charge is 0.282 e. The lowest BCUT2D eigenvalue weighted by atomic mass is 9.95. The largest absolute Gasteiger partial charge is 0.330 e. The van der Waals surface area contributed by atoms with Crippen molar-refractivity contribution in [3.63, 3.8) is 0 Å². The number of anilines is 1. The predicted molar refractivity (Wildman–Crippen MR) is 100 cm³/mol. The summed E-state index contributed by atoms with van der Waals surface area (Å²) in [5, 5.41) is 5.03. The molecule has 4 nitrogen and oxygen atoms in total. The minimum atomic E-state index is -0.222. The second-order valence-electron chi connectivity index (χ2n) is 6.78. The highest BCUT2D eigenvalue weighted by molar-refractivity contribution is 5.96. The molecule has 0 heterocycles. The minimum absolute atomic E-state index is 0.0159. The molecule has 25 heavy (non-hydrogen) atoms. The molecule has 0 aromatic heterocycles. The van der Waals surface area contributed by atoms with Gasteiger partial charge in [-0.1, -0.05) is 44.2 Å². The molecule has 0 aliphatic carbocycles. The van der Waals surface area contributed by atoms with Crippen LogP contribution in [0.5, 0.6) is 0 Å². The fraction of sp³-hybridized carbons (Fsp3) is 0.333. The van der Waals surface area contributed by atoms with Gasteiger partial charge in [0.2, 0.25) is 0 Å². The fourth-order valence-corrected chi connectivity index (χ4v) is 2.84. The molecule has 0 spiro atoms. The highest BCUT2D eigenvalue weighted by atomic mass is 16.2. The Morgan fingerprint density at radius 3 is 2.04 bits per heavy atom. The number of carbonyl (C=O) groups excluding carboxylic acids is 2. The van der Waals surface area contributed by atoms with E-state index < -0.39 is 0 Å². The first kappa shape index (κ1) is 18.9. The zero-order valence-electron chi connectivity index (χ0n) is 15.3. The molecule has 0 fully saturated rings. The third kappa shape index (κ3) is 5.26. The number of hydrogen-bond acceptors (Lipinski definition) is 2. The maximum atomic E-state index is 12.5. The van der Waals surface area contributed by atoms with Gasteiger partial charge in [0.15, 0.2) is 11.8 Å². The molecule has 2 aromatic carbocycles. The first-order valence-electron chi connectivity index (χ1n) is 8.70. The van der Waals surface area contributed by atoms with Crippen molar-refractivity contribution < 1.29 is 14.9 Å². The molecule has 2 aromatic rings. The maximum Gasteiger partial charge on any atom is 0.282 e. The summed E-state index contributed by atoms with van der Waals surface area (Å²) < 4.78 is 0. The maximum absolute atomic E-state index is 12.5. The zero-order chi connectivity index (χ0) is 18.4. The molecule has 0 saturated heterocycles. The van der Waals surface area contributed by atoms with E-state index in [9.17, 15) is 9.59 Å². The lowest BCUT2D eigenvalue weighted by Crippen LogP contribution is -2.93. The van der Waals surface area contributed by atoms with E-state index in [-0.39, 0.29) is 23.8 Å². The summed E-state index contributed by atoms with van der Waals surface area (Å²) in [6.07, 6.45) is 0. The summed E-state index contributed by atoms with van der Waals surface area (Å²) in [4.78, 5) is 23.8. The van der Waals surface area contributed by atoms with Crippen LogP contribution < -0.4 is 10.6 Å². The fourth-order valence-electron chi connectivity index (χ4n) is 2.84. The molecule has 0 aliphatic heterocycles. The standard InChI is InChI=1S/C21H26N2O2/c1-14(2)20(18-8-6-5-7-9-18)22-15(3)21(25)23-19-12-10-17(11-13-19)16(4)24/h5-15,20,22H,1-4H3,(H,23,25)/p+1/t15-,20+/m1/s1. The number of Topliss-reactive ketones (excluding diaryl/α,β-unsaturated/α-hetero) is 1. The SMILES string of the molecule is CC(=O)c1ccc(NC(=O)[C@@H](C)[NH2+][C@H](c2ccccc2)C(C)C)cc1. The van der Waals surface area contributed by atoms with Crippen molar-refractivity contribution in [2.24, 2.45) is 5.92 Å². The Hall–Kier alpha value is -2.46. The van der Waals surface area contributed by atoms with Gasteiger partial charge in [0.1, 0.15) is 6.04 Å². The van der Waals surface area contributed by atoms with Gasteiger partial charge >= 0.3 is 0 Å². The van der Waals surface area contributed by atoms with Crippen molar-refractivity contribution in [1.29, 1.82) is 0 Å². The van der Waals surface area contributed by atoms with Crippen LogP contribution in [0, 0.1) is 5.92 Å². The summed E-state index contributed by atoms with van der Waals surface area (Å²) >= 11 is 0. The molecule has 2 atom stereocenters. The molecule has 132 valence electrons. The first-order valence-corrected chi connectivity index (χ1v) is 8.70. The molecular formula is C21H27N2O2+. The van der Waals surface area contributed by atoms with E-state index in [1.165, 1.54) is 12.5 Å². The van der Waals surface area contributed by atoms with Crippen LogP contribution >= 0.6 is 0 Å². The molecule has 0 unspecified atom stereocenters. The summed E-state index contributed by atoms with van der Waals surface area (Å²) in [5.74, 6) is 0.381. The number of rotatable bonds is 7. The Kier molecular flexibility index (Phi) is 6.48. The molecule has 4 heteroatoms. The van der Waals surface area contributed by atoms with Crippen molar-refractivity contribution in [3.05, 3.63) is 65.7 Å². The van der Waals surface area contributed by atoms with Crippen LogP contribution in [0.4, 0.5) is 5.69 Å². The molecule has 0 radical (unpaired) electrons. The van der Waals surface area contributed by atoms with E-state index in [0.717, 1.165) is 0 Å². The van der Waals surface area contributed by atoms with Crippen molar-refractivity contribution >= 4 is 17.4 Å². The third-order valence-electron chi connectivity index (χ3n) is 4.37. The zero-order valence-corrected chi connectivity index (χ0v) is 15.3. The second kappa shape index (κ2) is 8.58. The van der Waals surface area contributed by atoms with Gasteiger partial charge in [-0.2, -0.15) is 0 Å². The van der Waals surface area contributed by atoms with Crippen LogP contribution in [-0.2, 0) is 4.79 Å². The number of nitrogens with one attached hydrogen (secondary N) is 1. The number of benzene rings is 2. The van der Waals surface area contributed by atoms with Crippen molar-refractivity contribution in [2.75, 3.05) is 5.32 Å². The van der Waals surface area contributed by atoms with Gasteiger partial charge in [0.05, 0.1) is 0 Å². The van der Waals surface area contributed by atoms with Gasteiger partial charge in [-0.15, -0.1) is 0 Å². The molecule has 3 N–H and O–H groups in total. The lowest BCUT2D eigenvalue weighted by molar-refractivity contribution is -0.718. The number of quaternary nitrogens is 1. The second-order valence-corrected chi connectivity index (χ2v) is 6.78. The van der Waals surface area contributed by atoms with Crippen molar-refractivity contribution in [2.45, 2.75) is 39.8 Å². The highest BCUT2D eigenvalue weighted by Crippen LogP contribution is 2.17. The number of carbonyl (C=O) groups is 2. The van der Waals surface area contributed by atoms with Gasteiger partial charge < -0.3 is 10.6 Å². The summed E-state index contributed by atoms with van der Waals surface area (Å²) in [6.45, 7) is 7.77. The molecule has 1 amide bonds. The quantitative estimate of drug-likeness (QED) is 0.761. The first-order chi connectivity index (χ1) is 11.9. The Bertz CT molecular complexity index is 708. The number of amides is 1. The van der Waals surface area contributed by atoms with Gasteiger partial charge in [-0.25, -0.2) is 0 Å². The average Bonchev–Trinajstić information content (AvgIpc) is 2.60. The highest BCUT2D eigenvalue weighted by Gasteiger charge is 2.25. The van der Waals surface area contributed by atoms with Gasteiger partial charge in [0.25, 0.3) is 5.91 Å². The van der Waals surface area contributed by atoms with E-state index in [2.05, 4.69) is 36.6 Å². The van der Waals surface area contributed by atoms with Crippen LogP contribution in [0.3, 0.4) is 0 Å². The van der Waals surface area contributed by atoms with E-state index in [1.54, 1.807) is 24.3 Å². The van der Waals surface area contributed by atoms with E-state index in [1.807, 2.05) is 25.1 Å². The predicted octanol–water partition coefficient (Wildman–Crippen LogP) is 3.18. The topological polar surface area (TPSA) is 62.8 Å². The van der Waals surface area contributed by atoms with E-state index in [0.29, 0.717) is 17.2 Å². The van der Waals surface area contributed by atoms with E-state index >= 15 is 0 Å². The Morgan fingerprint density at radius 1 is 0.920 bits per heavy atom. The average molecular weight is 339 g/mol. The van der Waals surface area contributed by atoms with E-state index in [4.69, 9.17) is 0 Å². The molecular weight excluding hydrogens is 312 g/mol. The van der Waals surface area contributed by atoms with Gasteiger partial charge in [-0.05, 0) is 38.1 Å². The van der Waals surface area contributed by atoms with Crippen LogP contribution in [0.15, 0.2) is 54.6 Å². The number of nitrogens with two attached hydrogens (primary N) is 1. The molecule has 0 aliphatic rings. The lowest BCUT2D eigenvalue weighted by Gasteiger charge is -2.23. The van der Waals surface area contributed by atoms with Crippen LogP contribution in [0.2, 0.25) is 0 Å². The number of hydrogen-bond donors (Lipinski definition) is 2. The Morgan fingerprint density at radius 2 is 1.52 bits per heavy atom. The molecule has 0 saturated carbocycles. The van der Waals surface area contributed by atoms with Crippen molar-refractivity contribution in [3.8, 4) is 0 Å². The molecule has 2 rings (SSSR count). The third-order valence-corrected chi connectivity index (χ3v) is 4.37.